The van der Waals surface area contributed by atoms with Crippen LogP contribution in [-0.2, 0) is 4.79 Å². The Balaban J connectivity index is 0.00000420. The van der Waals surface area contributed by atoms with Crippen molar-refractivity contribution in [2.45, 2.75) is 19.6 Å². The number of carbonyl (C=O) groups excluding carboxylic acids is 2. The second-order valence-corrected chi connectivity index (χ2v) is 5.81. The van der Waals surface area contributed by atoms with Crippen molar-refractivity contribution in [1.82, 2.24) is 20.9 Å². The lowest BCUT2D eigenvalue weighted by molar-refractivity contribution is -0.124. The minimum atomic E-state index is -2.91. The molecule has 0 bridgehead atoms. The minimum absolute atomic E-state index is 0. The van der Waals surface area contributed by atoms with Crippen LogP contribution in [0.15, 0.2) is 29.3 Å². The molecule has 29 heavy (non-hydrogen) atoms. The maximum Gasteiger partial charge on any atom is 0.387 e. The van der Waals surface area contributed by atoms with E-state index in [1.807, 2.05) is 6.92 Å². The van der Waals surface area contributed by atoms with Gasteiger partial charge in [0.2, 0.25) is 5.91 Å². The highest BCUT2D eigenvalue weighted by molar-refractivity contribution is 14.0. The lowest BCUT2D eigenvalue weighted by Gasteiger charge is -2.16. The van der Waals surface area contributed by atoms with E-state index < -0.39 is 18.7 Å². The molecule has 1 aromatic carbocycles. The van der Waals surface area contributed by atoms with Crippen LogP contribution in [0.25, 0.3) is 0 Å². The van der Waals surface area contributed by atoms with E-state index in [1.54, 1.807) is 0 Å². The Bertz CT molecular complexity index is 690. The molecule has 1 aliphatic heterocycles. The summed E-state index contributed by atoms with van der Waals surface area (Å²) in [6, 6.07) is 5.22. The number of aliphatic hydroxyl groups is 1. The highest BCUT2D eigenvalue weighted by Crippen LogP contribution is 2.19. The quantitative estimate of drug-likeness (QED) is 0.165. The van der Waals surface area contributed by atoms with E-state index >= 15 is 0 Å². The average molecular weight is 527 g/mol. The van der Waals surface area contributed by atoms with Crippen molar-refractivity contribution in [2.75, 3.05) is 32.7 Å². The van der Waals surface area contributed by atoms with Gasteiger partial charge in [-0.3, -0.25) is 14.7 Å². The van der Waals surface area contributed by atoms with Crippen LogP contribution in [0.4, 0.5) is 13.6 Å². The maximum absolute atomic E-state index is 12.2. The van der Waals surface area contributed by atoms with Crippen molar-refractivity contribution in [3.63, 3.8) is 0 Å². The molecule has 0 aliphatic carbocycles. The van der Waals surface area contributed by atoms with Gasteiger partial charge in [0, 0.05) is 19.6 Å². The molecule has 1 unspecified atom stereocenters. The molecule has 9 nitrogen and oxygen atoms in total. The first kappa shape index (κ1) is 24.8. The number of hydrogen-bond donors (Lipinski definition) is 4. The summed E-state index contributed by atoms with van der Waals surface area (Å²) in [5.41, 5.74) is 0.501. The number of halogens is 3. The highest BCUT2D eigenvalue weighted by Gasteiger charge is 2.27. The third-order valence-corrected chi connectivity index (χ3v) is 3.82. The number of aliphatic imine (C=N–C) groups is 1. The summed E-state index contributed by atoms with van der Waals surface area (Å²) >= 11 is 0. The monoisotopic (exact) mass is 527 g/mol. The van der Waals surface area contributed by atoms with Gasteiger partial charge < -0.3 is 25.8 Å². The number of nitrogens with zero attached hydrogens (tertiary/aromatic N) is 2. The van der Waals surface area contributed by atoms with Crippen molar-refractivity contribution >= 4 is 41.9 Å². The lowest BCUT2D eigenvalue weighted by Crippen LogP contribution is -2.43. The van der Waals surface area contributed by atoms with Gasteiger partial charge in [0.1, 0.15) is 5.75 Å². The van der Waals surface area contributed by atoms with Gasteiger partial charge in [0.15, 0.2) is 5.96 Å². The van der Waals surface area contributed by atoms with Gasteiger partial charge in [0.05, 0.1) is 19.2 Å². The zero-order chi connectivity index (χ0) is 20.5. The van der Waals surface area contributed by atoms with E-state index in [2.05, 4.69) is 25.7 Å². The number of aliphatic hydroxyl groups excluding tert-OH is 1. The Morgan fingerprint density at radius 2 is 2.00 bits per heavy atom. The third-order valence-electron chi connectivity index (χ3n) is 3.82. The van der Waals surface area contributed by atoms with Crippen LogP contribution in [0.2, 0.25) is 0 Å². The summed E-state index contributed by atoms with van der Waals surface area (Å²) in [7, 11) is 0. The highest BCUT2D eigenvalue weighted by atomic mass is 127. The predicted molar refractivity (Wildman–Crippen MR) is 113 cm³/mol. The molecular weight excluding hydrogens is 503 g/mol. The summed E-state index contributed by atoms with van der Waals surface area (Å²) in [6.07, 6.45) is -0.943. The Morgan fingerprint density at radius 3 is 2.55 bits per heavy atom. The molecule has 12 heteroatoms. The van der Waals surface area contributed by atoms with Gasteiger partial charge in [-0.2, -0.15) is 8.78 Å². The number of carbonyl (C=O) groups is 2. The molecule has 1 aromatic rings. The van der Waals surface area contributed by atoms with Crippen LogP contribution < -0.4 is 20.7 Å². The lowest BCUT2D eigenvalue weighted by atomic mass is 10.1. The van der Waals surface area contributed by atoms with Crippen LogP contribution in [0.3, 0.4) is 0 Å². The molecule has 2 rings (SSSR count). The maximum atomic E-state index is 12.2. The largest absolute Gasteiger partial charge is 0.435 e. The van der Waals surface area contributed by atoms with Gasteiger partial charge in [-0.15, -0.1) is 24.0 Å². The molecule has 162 valence electrons. The fourth-order valence-electron chi connectivity index (χ4n) is 2.46. The van der Waals surface area contributed by atoms with Crippen molar-refractivity contribution in [1.29, 1.82) is 0 Å². The molecule has 0 spiro atoms. The van der Waals surface area contributed by atoms with E-state index in [0.29, 0.717) is 24.6 Å². The second-order valence-electron chi connectivity index (χ2n) is 5.81. The number of rotatable bonds is 9. The van der Waals surface area contributed by atoms with Crippen molar-refractivity contribution < 1.29 is 28.2 Å². The van der Waals surface area contributed by atoms with Crippen molar-refractivity contribution in [2.24, 2.45) is 4.99 Å². The molecule has 0 aromatic heterocycles. The first-order valence-corrected chi connectivity index (χ1v) is 8.74. The molecule has 4 N–H and O–H groups in total. The van der Waals surface area contributed by atoms with Gasteiger partial charge in [-0.1, -0.05) is 12.1 Å². The first-order valence-electron chi connectivity index (χ1n) is 8.74. The zero-order valence-corrected chi connectivity index (χ0v) is 18.1. The number of amides is 3. The van der Waals surface area contributed by atoms with E-state index in [0.717, 1.165) is 4.90 Å². The molecular formula is C17H24F2IN5O4. The fourth-order valence-corrected chi connectivity index (χ4v) is 2.46. The topological polar surface area (TPSA) is 115 Å². The average Bonchev–Trinajstić information content (AvgIpc) is 2.98. The smallest absolute Gasteiger partial charge is 0.387 e. The SMILES string of the molecule is CCNC(=NCC(O)c1ccc(OC(F)F)cc1)NCCN1C(=O)CNC1=O.I. The Hall–Kier alpha value is -2.22. The van der Waals surface area contributed by atoms with Crippen molar-refractivity contribution in [3.05, 3.63) is 29.8 Å². The number of benzene rings is 1. The molecule has 3 amide bonds. The van der Waals surface area contributed by atoms with Crippen LogP contribution >= 0.6 is 24.0 Å². The molecule has 1 heterocycles. The molecule has 0 saturated carbocycles. The number of nitrogens with one attached hydrogen (secondary N) is 3. The number of ether oxygens (including phenoxy) is 1. The van der Waals surface area contributed by atoms with Crippen molar-refractivity contribution in [3.8, 4) is 5.75 Å². The van der Waals surface area contributed by atoms with Crippen LogP contribution in [0, 0.1) is 0 Å². The number of urea groups is 1. The number of imide groups is 1. The molecule has 0 radical (unpaired) electrons. The number of hydrogen-bond acceptors (Lipinski definition) is 5. The van der Waals surface area contributed by atoms with E-state index in [9.17, 15) is 23.5 Å². The standard InChI is InChI=1S/C17H23F2N5O4.HI/c1-2-20-16(21-7-8-24-14(26)10-23-17(24)27)22-9-13(25)11-3-5-12(6-4-11)28-15(18)19;/h3-6,13,15,25H,2,7-10H2,1H3,(H,23,27)(H2,20,21,22);1H. The summed E-state index contributed by atoms with van der Waals surface area (Å²) in [5.74, 6) is 0.125. The fraction of sp³-hybridized carbons (Fsp3) is 0.471. The van der Waals surface area contributed by atoms with Crippen LogP contribution in [-0.4, -0.2) is 67.2 Å². The Morgan fingerprint density at radius 1 is 1.31 bits per heavy atom. The molecule has 1 fully saturated rings. The number of guanidine groups is 1. The second kappa shape index (κ2) is 12.4. The van der Waals surface area contributed by atoms with Crippen LogP contribution in [0.5, 0.6) is 5.75 Å². The first-order chi connectivity index (χ1) is 13.4. The van der Waals surface area contributed by atoms with Crippen LogP contribution in [0.1, 0.15) is 18.6 Å². The van der Waals surface area contributed by atoms with Gasteiger partial charge >= 0.3 is 12.6 Å². The molecule has 1 saturated heterocycles. The predicted octanol–water partition coefficient (Wildman–Crippen LogP) is 1.05. The summed E-state index contributed by atoms with van der Waals surface area (Å²) < 4.78 is 28.6. The Labute approximate surface area is 183 Å². The third kappa shape index (κ3) is 7.97. The van der Waals surface area contributed by atoms with E-state index in [4.69, 9.17) is 0 Å². The summed E-state index contributed by atoms with van der Waals surface area (Å²) in [6.45, 7) is 0.0334. The Kier molecular flexibility index (Phi) is 10.6. The van der Waals surface area contributed by atoms with Gasteiger partial charge in [-0.25, -0.2) is 4.79 Å². The van der Waals surface area contributed by atoms with E-state index in [1.165, 1.54) is 24.3 Å². The molecule has 1 aliphatic rings. The van der Waals surface area contributed by atoms with Gasteiger partial charge in [-0.05, 0) is 24.6 Å². The van der Waals surface area contributed by atoms with E-state index in [-0.39, 0.29) is 55.3 Å². The summed E-state index contributed by atoms with van der Waals surface area (Å²) in [5, 5.41) is 18.6. The zero-order valence-electron chi connectivity index (χ0n) is 15.7. The summed E-state index contributed by atoms with van der Waals surface area (Å²) in [4.78, 5) is 28.4. The molecule has 1 atom stereocenters. The minimum Gasteiger partial charge on any atom is -0.435 e. The normalized spacial score (nSPS) is 15.1. The number of alkyl halides is 2. The van der Waals surface area contributed by atoms with Gasteiger partial charge in [0.25, 0.3) is 0 Å².